The van der Waals surface area contributed by atoms with E-state index in [0.717, 1.165) is 5.56 Å². The van der Waals surface area contributed by atoms with Gasteiger partial charge in [0, 0.05) is 16.5 Å². The molecule has 0 bridgehead atoms. The number of hydrogen-bond donors (Lipinski definition) is 4. The molecule has 0 radical (unpaired) electrons. The van der Waals surface area contributed by atoms with Gasteiger partial charge in [0.2, 0.25) is 0 Å². The summed E-state index contributed by atoms with van der Waals surface area (Å²) < 4.78 is 0. The van der Waals surface area contributed by atoms with Gasteiger partial charge < -0.3 is 16.4 Å². The lowest BCUT2D eigenvalue weighted by molar-refractivity contribution is -0.112. The zero-order valence-electron chi connectivity index (χ0n) is 16.0. The Kier molecular flexibility index (Phi) is 9.74. The fourth-order valence-corrected chi connectivity index (χ4v) is 3.44. The minimum Gasteiger partial charge on any atom is -0.377 e. The van der Waals surface area contributed by atoms with E-state index in [0.29, 0.717) is 20.8 Å². The van der Waals surface area contributed by atoms with Crippen molar-refractivity contribution in [1.82, 2.24) is 5.32 Å². The summed E-state index contributed by atoms with van der Waals surface area (Å²) >= 11 is 18.0. The van der Waals surface area contributed by atoms with Gasteiger partial charge >= 0.3 is 0 Å². The van der Waals surface area contributed by atoms with Gasteiger partial charge in [-0.2, -0.15) is 0 Å². The first-order chi connectivity index (χ1) is 13.9. The molecule has 1 heterocycles. The Balaban J connectivity index is 0.000000426. The molecule has 1 amide bonds. The van der Waals surface area contributed by atoms with E-state index < -0.39 is 5.91 Å². The number of anilines is 1. The number of piperidine rings is 1. The molecule has 0 spiro atoms. The van der Waals surface area contributed by atoms with Gasteiger partial charge in [-0.3, -0.25) is 10.2 Å². The van der Waals surface area contributed by atoms with Gasteiger partial charge in [-0.25, -0.2) is 0 Å². The molecule has 2 aromatic rings. The molecule has 1 atom stereocenters. The Morgan fingerprint density at radius 3 is 2.14 bits per heavy atom. The van der Waals surface area contributed by atoms with Gasteiger partial charge in [0.05, 0.1) is 22.5 Å². The summed E-state index contributed by atoms with van der Waals surface area (Å²) in [7, 11) is 0. The van der Waals surface area contributed by atoms with E-state index >= 15 is 0 Å². The summed E-state index contributed by atoms with van der Waals surface area (Å²) in [6, 6.07) is 11.8. The first kappa shape index (κ1) is 23.5. The number of halogens is 3. The van der Waals surface area contributed by atoms with Crippen molar-refractivity contribution in [3.8, 4) is 0 Å². The maximum atomic E-state index is 11.2. The summed E-state index contributed by atoms with van der Waals surface area (Å²) in [5.41, 5.74) is 6.50. The highest BCUT2D eigenvalue weighted by atomic mass is 35.5. The van der Waals surface area contributed by atoms with Crippen LogP contribution in [0.25, 0.3) is 0 Å². The smallest absolute Gasteiger partial charge is 0.262 e. The lowest BCUT2D eigenvalue weighted by Crippen LogP contribution is -2.26. The van der Waals surface area contributed by atoms with Crippen molar-refractivity contribution in [2.24, 2.45) is 5.73 Å². The predicted molar refractivity (Wildman–Crippen MR) is 123 cm³/mol. The predicted octanol–water partition coefficient (Wildman–Crippen LogP) is 5.46. The fraction of sp³-hybridized carbons (Fsp3) is 0.333. The molecule has 1 saturated heterocycles. The first-order valence-electron chi connectivity index (χ1n) is 9.42. The van der Waals surface area contributed by atoms with Gasteiger partial charge in [-0.1, -0.05) is 53.4 Å². The summed E-state index contributed by atoms with van der Waals surface area (Å²) in [6.07, 6.45) is 4.34. The van der Waals surface area contributed by atoms with Crippen LogP contribution < -0.4 is 16.4 Å². The maximum Gasteiger partial charge on any atom is 0.262 e. The summed E-state index contributed by atoms with van der Waals surface area (Å²) in [5.74, 6) is -0.757. The monoisotopic (exact) mass is 454 g/mol. The van der Waals surface area contributed by atoms with Crippen LogP contribution in [-0.4, -0.2) is 24.7 Å². The van der Waals surface area contributed by atoms with E-state index in [4.69, 9.17) is 45.9 Å². The normalized spacial score (nSPS) is 14.3. The number of carbonyl (C=O) groups is 1. The molecule has 3 rings (SSSR count). The number of carbonyl (C=O) groups excluding carboxylic acids is 1. The standard InChI is InChI=1S/C16H14Cl3N3O.C5H11N/c17-10-3-1-9(2-4-10)15(8-13(20)16(21)23)22-14-6-5-11(18)7-12(14)19;1-2-4-6-5-3-1/h1-7,15,20,22H,8H2,(H2,21,23);6H,1-5H2. The Labute approximate surface area is 186 Å². The van der Waals surface area contributed by atoms with Crippen LogP contribution in [0.3, 0.4) is 0 Å². The number of hydrogen-bond acceptors (Lipinski definition) is 4. The number of primary amides is 1. The van der Waals surface area contributed by atoms with Crippen molar-refractivity contribution in [1.29, 1.82) is 5.41 Å². The zero-order chi connectivity index (χ0) is 21.2. The molecule has 5 N–H and O–H groups in total. The second-order valence-electron chi connectivity index (χ2n) is 6.73. The highest BCUT2D eigenvalue weighted by Crippen LogP contribution is 2.30. The number of rotatable bonds is 6. The van der Waals surface area contributed by atoms with Gasteiger partial charge in [-0.15, -0.1) is 0 Å². The number of amides is 1. The van der Waals surface area contributed by atoms with Crippen molar-refractivity contribution < 1.29 is 4.79 Å². The molecule has 1 unspecified atom stereocenters. The fourth-order valence-electron chi connectivity index (χ4n) is 2.85. The van der Waals surface area contributed by atoms with Crippen LogP contribution in [0.5, 0.6) is 0 Å². The first-order valence-corrected chi connectivity index (χ1v) is 10.5. The van der Waals surface area contributed by atoms with Crippen LogP contribution in [0, 0.1) is 5.41 Å². The second-order valence-corrected chi connectivity index (χ2v) is 8.01. The van der Waals surface area contributed by atoms with Crippen molar-refractivity contribution in [3.63, 3.8) is 0 Å². The lowest BCUT2D eigenvalue weighted by Gasteiger charge is -2.21. The SMILES string of the molecule is C1CCNCC1.N=C(CC(Nc1ccc(Cl)cc1Cl)c1ccc(Cl)cc1)C(N)=O. The molecular weight excluding hydrogens is 431 g/mol. The molecule has 1 aliphatic rings. The van der Waals surface area contributed by atoms with Crippen LogP contribution in [-0.2, 0) is 4.79 Å². The molecule has 0 aliphatic carbocycles. The maximum absolute atomic E-state index is 11.2. The van der Waals surface area contributed by atoms with Gasteiger partial charge in [0.15, 0.2) is 0 Å². The minimum atomic E-state index is -0.757. The van der Waals surface area contributed by atoms with Crippen LogP contribution in [0.15, 0.2) is 42.5 Å². The summed E-state index contributed by atoms with van der Waals surface area (Å²) in [4.78, 5) is 11.2. The van der Waals surface area contributed by atoms with E-state index in [1.165, 1.54) is 32.4 Å². The van der Waals surface area contributed by atoms with Crippen molar-refractivity contribution in [3.05, 3.63) is 63.1 Å². The minimum absolute atomic E-state index is 0.121. The third-order valence-electron chi connectivity index (χ3n) is 4.45. The van der Waals surface area contributed by atoms with E-state index in [2.05, 4.69) is 10.6 Å². The van der Waals surface area contributed by atoms with Crippen LogP contribution >= 0.6 is 34.8 Å². The Bertz CT molecular complexity index is 812. The van der Waals surface area contributed by atoms with Crippen LogP contribution in [0.4, 0.5) is 5.69 Å². The van der Waals surface area contributed by atoms with Gasteiger partial charge in [0.1, 0.15) is 0 Å². The average molecular weight is 456 g/mol. The van der Waals surface area contributed by atoms with Gasteiger partial charge in [0.25, 0.3) is 5.91 Å². The highest BCUT2D eigenvalue weighted by Gasteiger charge is 2.18. The quantitative estimate of drug-likeness (QED) is 0.436. The van der Waals surface area contributed by atoms with E-state index in [-0.39, 0.29) is 18.2 Å². The molecule has 156 valence electrons. The van der Waals surface area contributed by atoms with Crippen LogP contribution in [0.1, 0.15) is 37.3 Å². The summed E-state index contributed by atoms with van der Waals surface area (Å²) in [5, 5.41) is 15.8. The third-order valence-corrected chi connectivity index (χ3v) is 5.25. The number of nitrogens with two attached hydrogens (primary N) is 1. The molecular formula is C21H25Cl3N4O. The van der Waals surface area contributed by atoms with E-state index in [9.17, 15) is 4.79 Å². The van der Waals surface area contributed by atoms with Crippen molar-refractivity contribution in [2.75, 3.05) is 18.4 Å². The molecule has 8 heteroatoms. The molecule has 0 saturated carbocycles. The molecule has 5 nitrogen and oxygen atoms in total. The topological polar surface area (TPSA) is 91.0 Å². The molecule has 0 aromatic heterocycles. The molecule has 29 heavy (non-hydrogen) atoms. The second kappa shape index (κ2) is 12.0. The van der Waals surface area contributed by atoms with Crippen LogP contribution in [0.2, 0.25) is 15.1 Å². The average Bonchev–Trinajstić information content (AvgIpc) is 2.71. The number of benzene rings is 2. The van der Waals surface area contributed by atoms with Gasteiger partial charge in [-0.05, 0) is 61.8 Å². The van der Waals surface area contributed by atoms with Crippen molar-refractivity contribution >= 4 is 52.1 Å². The molecule has 1 aliphatic heterocycles. The Hall–Kier alpha value is -1.79. The molecule has 1 fully saturated rings. The Morgan fingerprint density at radius 2 is 1.66 bits per heavy atom. The molecule has 2 aromatic carbocycles. The zero-order valence-corrected chi connectivity index (χ0v) is 18.2. The van der Waals surface area contributed by atoms with Crippen molar-refractivity contribution in [2.45, 2.75) is 31.7 Å². The number of nitrogens with one attached hydrogen (secondary N) is 3. The third kappa shape index (κ3) is 8.23. The Morgan fingerprint density at radius 1 is 1.03 bits per heavy atom. The lowest BCUT2D eigenvalue weighted by atomic mass is 10.00. The highest BCUT2D eigenvalue weighted by molar-refractivity contribution is 6.37. The summed E-state index contributed by atoms with van der Waals surface area (Å²) in [6.45, 7) is 2.50. The largest absolute Gasteiger partial charge is 0.377 e. The van der Waals surface area contributed by atoms with E-state index in [1.807, 2.05) is 12.1 Å². The van der Waals surface area contributed by atoms with E-state index in [1.54, 1.807) is 30.3 Å².